The van der Waals surface area contributed by atoms with Crippen LogP contribution in [0.5, 0.6) is 0 Å². The molecule has 0 spiro atoms. The van der Waals surface area contributed by atoms with Crippen LogP contribution in [0.3, 0.4) is 0 Å². The molecule has 6 nitrogen and oxygen atoms in total. The van der Waals surface area contributed by atoms with Gasteiger partial charge in [-0.1, -0.05) is 0 Å². The Hall–Kier alpha value is -1.59. The molecular formula is C13H22N2O4. The second kappa shape index (κ2) is 7.11. The molecule has 0 unspecified atom stereocenters. The monoisotopic (exact) mass is 270 g/mol. The Bertz CT molecular complexity index is 353. The van der Waals surface area contributed by atoms with E-state index < -0.39 is 12.0 Å². The van der Waals surface area contributed by atoms with Crippen molar-refractivity contribution >= 4 is 17.8 Å². The van der Waals surface area contributed by atoms with E-state index in [1.54, 1.807) is 4.90 Å². The molecule has 108 valence electrons. The highest BCUT2D eigenvalue weighted by atomic mass is 16.4. The zero-order chi connectivity index (χ0) is 14.4. The van der Waals surface area contributed by atoms with Crippen molar-refractivity contribution in [3.8, 4) is 0 Å². The maximum atomic E-state index is 12.0. The summed E-state index contributed by atoms with van der Waals surface area (Å²) in [5.41, 5.74) is 0. The number of carbonyl (C=O) groups excluding carboxylic acids is 2. The number of hydrogen-bond acceptors (Lipinski definition) is 3. The molecular weight excluding hydrogens is 248 g/mol. The van der Waals surface area contributed by atoms with Crippen molar-refractivity contribution in [2.75, 3.05) is 19.6 Å². The van der Waals surface area contributed by atoms with Crippen LogP contribution in [0.25, 0.3) is 0 Å². The van der Waals surface area contributed by atoms with Crippen LogP contribution in [-0.2, 0) is 14.4 Å². The van der Waals surface area contributed by atoms with Gasteiger partial charge in [0.15, 0.2) is 0 Å². The van der Waals surface area contributed by atoms with Crippen molar-refractivity contribution < 1.29 is 19.5 Å². The molecule has 1 aliphatic rings. The molecule has 0 bridgehead atoms. The summed E-state index contributed by atoms with van der Waals surface area (Å²) in [6.45, 7) is 5.53. The number of hydrogen-bond donors (Lipinski definition) is 1. The van der Waals surface area contributed by atoms with Gasteiger partial charge in [-0.15, -0.1) is 0 Å². The maximum Gasteiger partial charge on any atom is 0.326 e. The van der Waals surface area contributed by atoms with Crippen LogP contribution in [0, 0.1) is 0 Å². The minimum Gasteiger partial charge on any atom is -0.480 e. The van der Waals surface area contributed by atoms with Crippen LogP contribution < -0.4 is 0 Å². The lowest BCUT2D eigenvalue weighted by Gasteiger charge is -2.22. The summed E-state index contributed by atoms with van der Waals surface area (Å²) >= 11 is 0. The highest BCUT2D eigenvalue weighted by Crippen LogP contribution is 2.19. The second-order valence-corrected chi connectivity index (χ2v) is 4.65. The van der Waals surface area contributed by atoms with E-state index in [4.69, 9.17) is 5.11 Å². The lowest BCUT2D eigenvalue weighted by molar-refractivity contribution is -0.148. The number of nitrogens with zero attached hydrogens (tertiary/aromatic N) is 2. The van der Waals surface area contributed by atoms with Gasteiger partial charge >= 0.3 is 5.97 Å². The van der Waals surface area contributed by atoms with Gasteiger partial charge in [0.05, 0.1) is 0 Å². The summed E-state index contributed by atoms with van der Waals surface area (Å²) in [4.78, 5) is 37.8. The lowest BCUT2D eigenvalue weighted by atomic mass is 10.2. The molecule has 0 aliphatic carbocycles. The van der Waals surface area contributed by atoms with Crippen LogP contribution in [0.15, 0.2) is 0 Å². The number of rotatable bonds is 6. The predicted molar refractivity (Wildman–Crippen MR) is 69.5 cm³/mol. The minimum atomic E-state index is -0.957. The number of amides is 2. The number of carboxylic acid groups (broad SMARTS) is 1. The molecule has 1 atom stereocenters. The first-order valence-electron chi connectivity index (χ1n) is 6.81. The van der Waals surface area contributed by atoms with E-state index >= 15 is 0 Å². The fourth-order valence-electron chi connectivity index (χ4n) is 2.41. The zero-order valence-corrected chi connectivity index (χ0v) is 11.6. The van der Waals surface area contributed by atoms with Gasteiger partial charge in [0.2, 0.25) is 11.8 Å². The first-order valence-corrected chi connectivity index (χ1v) is 6.81. The van der Waals surface area contributed by atoms with E-state index in [0.29, 0.717) is 32.5 Å². The summed E-state index contributed by atoms with van der Waals surface area (Å²) in [6.07, 6.45) is 1.47. The van der Waals surface area contributed by atoms with E-state index in [-0.39, 0.29) is 24.7 Å². The molecule has 0 aromatic rings. The molecule has 0 aromatic heterocycles. The first kappa shape index (κ1) is 15.5. The van der Waals surface area contributed by atoms with Crippen LogP contribution in [0.2, 0.25) is 0 Å². The topological polar surface area (TPSA) is 77.9 Å². The quantitative estimate of drug-likeness (QED) is 0.771. The van der Waals surface area contributed by atoms with Gasteiger partial charge in [-0.2, -0.15) is 0 Å². The third-order valence-corrected chi connectivity index (χ3v) is 3.53. The Morgan fingerprint density at radius 3 is 2.37 bits per heavy atom. The molecule has 1 heterocycles. The van der Waals surface area contributed by atoms with E-state index in [1.807, 2.05) is 13.8 Å². The number of carbonyl (C=O) groups is 3. The van der Waals surface area contributed by atoms with Crippen molar-refractivity contribution in [1.29, 1.82) is 0 Å². The fourth-order valence-corrected chi connectivity index (χ4v) is 2.41. The van der Waals surface area contributed by atoms with Crippen LogP contribution in [-0.4, -0.2) is 58.4 Å². The summed E-state index contributed by atoms with van der Waals surface area (Å²) < 4.78 is 0. The third-order valence-electron chi connectivity index (χ3n) is 3.53. The van der Waals surface area contributed by atoms with Crippen LogP contribution in [0.4, 0.5) is 0 Å². The van der Waals surface area contributed by atoms with Gasteiger partial charge in [-0.05, 0) is 26.7 Å². The summed E-state index contributed by atoms with van der Waals surface area (Å²) in [5, 5.41) is 9.01. The Balaban J connectivity index is 2.47. The van der Waals surface area contributed by atoms with E-state index in [1.165, 1.54) is 4.90 Å². The summed E-state index contributed by atoms with van der Waals surface area (Å²) in [7, 11) is 0. The highest BCUT2D eigenvalue weighted by Gasteiger charge is 2.33. The normalized spacial score (nSPS) is 18.4. The summed E-state index contributed by atoms with van der Waals surface area (Å²) in [6, 6.07) is -0.712. The molecule has 2 amide bonds. The van der Waals surface area contributed by atoms with Crippen LogP contribution in [0.1, 0.15) is 39.5 Å². The van der Waals surface area contributed by atoms with Crippen LogP contribution >= 0.6 is 0 Å². The van der Waals surface area contributed by atoms with Gasteiger partial charge in [0.25, 0.3) is 0 Å². The van der Waals surface area contributed by atoms with Crippen molar-refractivity contribution in [2.24, 2.45) is 0 Å². The standard InChI is InChI=1S/C13H22N2O4/c1-3-14(4-2)11(16)7-8-12(17)15-9-5-6-10(15)13(18)19/h10H,3-9H2,1-2H3,(H,18,19)/t10-/m1/s1. The van der Waals surface area contributed by atoms with Gasteiger partial charge in [0, 0.05) is 32.5 Å². The molecule has 1 fully saturated rings. The largest absolute Gasteiger partial charge is 0.480 e. The fraction of sp³-hybridized carbons (Fsp3) is 0.769. The Labute approximate surface area is 113 Å². The molecule has 0 radical (unpaired) electrons. The smallest absolute Gasteiger partial charge is 0.326 e. The molecule has 1 aliphatic heterocycles. The SMILES string of the molecule is CCN(CC)C(=O)CCC(=O)N1CCC[C@@H]1C(=O)O. The van der Waals surface area contributed by atoms with Gasteiger partial charge in [0.1, 0.15) is 6.04 Å². The van der Waals surface area contributed by atoms with Crippen molar-refractivity contribution in [2.45, 2.75) is 45.6 Å². The Kier molecular flexibility index (Phi) is 5.79. The predicted octanol–water partition coefficient (Wildman–Crippen LogP) is 0.711. The molecule has 0 saturated carbocycles. The zero-order valence-electron chi connectivity index (χ0n) is 11.6. The molecule has 1 rings (SSSR count). The minimum absolute atomic E-state index is 0.0515. The van der Waals surface area contributed by atoms with E-state index in [9.17, 15) is 14.4 Å². The van der Waals surface area contributed by atoms with Crippen molar-refractivity contribution in [3.63, 3.8) is 0 Å². The molecule has 0 aromatic carbocycles. The molecule has 6 heteroatoms. The lowest BCUT2D eigenvalue weighted by Crippen LogP contribution is -2.41. The van der Waals surface area contributed by atoms with Gasteiger partial charge in [-0.25, -0.2) is 4.79 Å². The first-order chi connectivity index (χ1) is 9.01. The second-order valence-electron chi connectivity index (χ2n) is 4.65. The number of aliphatic carboxylic acids is 1. The van der Waals surface area contributed by atoms with Gasteiger partial charge in [-0.3, -0.25) is 9.59 Å². The highest BCUT2D eigenvalue weighted by molar-refractivity contribution is 5.87. The molecule has 19 heavy (non-hydrogen) atoms. The average Bonchev–Trinajstić information content (AvgIpc) is 2.86. The van der Waals surface area contributed by atoms with E-state index in [2.05, 4.69) is 0 Å². The van der Waals surface area contributed by atoms with Crippen molar-refractivity contribution in [1.82, 2.24) is 9.80 Å². The third kappa shape index (κ3) is 3.94. The average molecular weight is 270 g/mol. The van der Waals surface area contributed by atoms with Gasteiger partial charge < -0.3 is 14.9 Å². The molecule has 1 saturated heterocycles. The maximum absolute atomic E-state index is 12.0. The Morgan fingerprint density at radius 1 is 1.21 bits per heavy atom. The number of likely N-dealkylation sites (tertiary alicyclic amines) is 1. The van der Waals surface area contributed by atoms with E-state index in [0.717, 1.165) is 0 Å². The number of carboxylic acids is 1. The molecule has 1 N–H and O–H groups in total. The Morgan fingerprint density at radius 2 is 1.84 bits per heavy atom. The van der Waals surface area contributed by atoms with Crippen molar-refractivity contribution in [3.05, 3.63) is 0 Å². The summed E-state index contributed by atoms with van der Waals surface area (Å²) in [5.74, 6) is -1.24.